The number of Topliss-reactive ketones (excluding diaryl/α,β-unsaturated/α-hetero) is 2. The van der Waals surface area contributed by atoms with Crippen molar-refractivity contribution in [1.82, 2.24) is 0 Å². The molecule has 0 aromatic carbocycles. The van der Waals surface area contributed by atoms with Gasteiger partial charge in [0.15, 0.2) is 17.4 Å². The van der Waals surface area contributed by atoms with Gasteiger partial charge in [-0.15, -0.1) is 5.73 Å². The van der Waals surface area contributed by atoms with Crippen LogP contribution in [0.25, 0.3) is 0 Å². The molecule has 6 unspecified atom stereocenters. The van der Waals surface area contributed by atoms with E-state index in [0.717, 1.165) is 0 Å². The van der Waals surface area contributed by atoms with E-state index in [1.165, 1.54) is 0 Å². The summed E-state index contributed by atoms with van der Waals surface area (Å²) in [7, 11) is 0. The molecule has 6 rings (SSSR count). The second-order valence-electron chi connectivity index (χ2n) is 7.17. The van der Waals surface area contributed by atoms with Crippen LogP contribution < -0.4 is 0 Å². The highest BCUT2D eigenvalue weighted by Crippen LogP contribution is 2.55. The summed E-state index contributed by atoms with van der Waals surface area (Å²) in [6.45, 7) is 3.78. The minimum Gasteiger partial charge on any atom is -0.344 e. The molecule has 0 aromatic heterocycles. The smallest absolute Gasteiger partial charge is 0.168 e. The lowest BCUT2D eigenvalue weighted by Crippen LogP contribution is -2.59. The number of rotatable bonds is 0. The van der Waals surface area contributed by atoms with Crippen LogP contribution in [-0.4, -0.2) is 29.6 Å². The van der Waals surface area contributed by atoms with Crippen LogP contribution in [0.2, 0.25) is 0 Å². The monoisotopic (exact) mass is 296 g/mol. The normalized spacial score (nSPS) is 46.3. The van der Waals surface area contributed by atoms with Crippen LogP contribution in [0.1, 0.15) is 13.8 Å². The zero-order valence-electron chi connectivity index (χ0n) is 12.4. The molecule has 6 aliphatic rings. The third-order valence-corrected chi connectivity index (χ3v) is 5.58. The third kappa shape index (κ3) is 1.36. The Bertz CT molecular complexity index is 691. The summed E-state index contributed by atoms with van der Waals surface area (Å²) >= 11 is 0. The second kappa shape index (κ2) is 3.77. The number of ether oxygens (including phenoxy) is 2. The zero-order valence-corrected chi connectivity index (χ0v) is 12.4. The Morgan fingerprint density at radius 3 is 1.82 bits per heavy atom. The van der Waals surface area contributed by atoms with Gasteiger partial charge in [0.2, 0.25) is 0 Å². The van der Waals surface area contributed by atoms with Gasteiger partial charge >= 0.3 is 0 Å². The number of ketones is 2. The number of hydrogen-bond donors (Lipinski definition) is 0. The molecule has 5 aliphatic carbocycles. The van der Waals surface area contributed by atoms with Gasteiger partial charge in [-0.25, -0.2) is 0 Å². The number of allylic oxidation sites excluding steroid dienone is 3. The molecule has 112 valence electrons. The fourth-order valence-corrected chi connectivity index (χ4v) is 4.82. The first-order chi connectivity index (χ1) is 10.5. The molecule has 6 atom stereocenters. The Kier molecular flexibility index (Phi) is 2.19. The van der Waals surface area contributed by atoms with Crippen LogP contribution in [-0.2, 0) is 19.1 Å². The zero-order chi connectivity index (χ0) is 15.2. The van der Waals surface area contributed by atoms with Crippen molar-refractivity contribution in [2.75, 3.05) is 0 Å². The van der Waals surface area contributed by atoms with Gasteiger partial charge in [-0.2, -0.15) is 0 Å². The van der Waals surface area contributed by atoms with Gasteiger partial charge in [-0.05, 0) is 26.0 Å². The number of carbonyl (C=O) groups is 2. The van der Waals surface area contributed by atoms with Gasteiger partial charge in [0.05, 0.1) is 12.2 Å². The van der Waals surface area contributed by atoms with Gasteiger partial charge in [-0.3, -0.25) is 9.59 Å². The largest absolute Gasteiger partial charge is 0.344 e. The van der Waals surface area contributed by atoms with E-state index in [2.05, 4.69) is 17.9 Å². The predicted octanol–water partition coefficient (Wildman–Crippen LogP) is 1.73. The van der Waals surface area contributed by atoms with Crippen LogP contribution >= 0.6 is 0 Å². The molecule has 1 saturated carbocycles. The van der Waals surface area contributed by atoms with Gasteiger partial charge < -0.3 is 9.47 Å². The van der Waals surface area contributed by atoms with E-state index in [1.807, 2.05) is 13.8 Å². The summed E-state index contributed by atoms with van der Waals surface area (Å²) in [5.74, 6) is -1.33. The molecule has 22 heavy (non-hydrogen) atoms. The van der Waals surface area contributed by atoms with Crippen LogP contribution in [0.15, 0.2) is 41.2 Å². The molecular weight excluding hydrogens is 280 g/mol. The van der Waals surface area contributed by atoms with Crippen molar-refractivity contribution in [3.8, 4) is 0 Å². The molecule has 1 aliphatic heterocycles. The Morgan fingerprint density at radius 2 is 1.36 bits per heavy atom. The molecule has 0 radical (unpaired) electrons. The van der Waals surface area contributed by atoms with Gasteiger partial charge in [0, 0.05) is 34.8 Å². The van der Waals surface area contributed by atoms with Crippen LogP contribution in [0.5, 0.6) is 0 Å². The summed E-state index contributed by atoms with van der Waals surface area (Å²) in [5.41, 5.74) is 3.96. The molecule has 0 amide bonds. The number of hydrogen-bond acceptors (Lipinski definition) is 4. The van der Waals surface area contributed by atoms with E-state index < -0.39 is 5.79 Å². The average Bonchev–Trinajstić information content (AvgIpc) is 3.08. The van der Waals surface area contributed by atoms with Crippen LogP contribution in [0.4, 0.5) is 0 Å². The molecule has 4 nitrogen and oxygen atoms in total. The first kappa shape index (κ1) is 12.8. The molecular formula is C18H16O4. The molecule has 2 fully saturated rings. The lowest BCUT2D eigenvalue weighted by molar-refractivity contribution is -0.149. The average molecular weight is 296 g/mol. The molecule has 2 bridgehead atoms. The fraction of sp³-hybridized carbons (Fsp3) is 0.500. The van der Waals surface area contributed by atoms with E-state index in [-0.39, 0.29) is 47.4 Å². The quantitative estimate of drug-likeness (QED) is 0.504. The third-order valence-electron chi connectivity index (χ3n) is 5.58. The Morgan fingerprint density at radius 1 is 0.909 bits per heavy atom. The predicted molar refractivity (Wildman–Crippen MR) is 76.6 cm³/mol. The Hall–Kier alpha value is -1.74. The summed E-state index contributed by atoms with van der Waals surface area (Å²) in [6, 6.07) is 0. The lowest BCUT2D eigenvalue weighted by Gasteiger charge is -2.49. The lowest BCUT2D eigenvalue weighted by atomic mass is 9.54. The second-order valence-corrected chi connectivity index (χ2v) is 7.17. The van der Waals surface area contributed by atoms with E-state index in [4.69, 9.17) is 9.47 Å². The summed E-state index contributed by atoms with van der Waals surface area (Å²) in [6.07, 6.45) is 7.13. The first-order valence-electron chi connectivity index (χ1n) is 7.77. The van der Waals surface area contributed by atoms with E-state index in [9.17, 15) is 9.59 Å². The van der Waals surface area contributed by atoms with Crippen LogP contribution in [0.3, 0.4) is 0 Å². The van der Waals surface area contributed by atoms with Crippen molar-refractivity contribution >= 4 is 11.6 Å². The van der Waals surface area contributed by atoms with Crippen molar-refractivity contribution in [2.45, 2.75) is 31.8 Å². The molecule has 0 aromatic rings. The summed E-state index contributed by atoms with van der Waals surface area (Å²) in [5, 5.41) is 0. The maximum atomic E-state index is 12.9. The van der Waals surface area contributed by atoms with Crippen molar-refractivity contribution in [1.29, 1.82) is 0 Å². The maximum Gasteiger partial charge on any atom is 0.168 e. The highest BCUT2D eigenvalue weighted by atomic mass is 16.8. The Balaban J connectivity index is 1.64. The fourth-order valence-electron chi connectivity index (χ4n) is 4.82. The summed E-state index contributed by atoms with van der Waals surface area (Å²) in [4.78, 5) is 25.8. The van der Waals surface area contributed by atoms with Crippen LogP contribution in [0, 0.1) is 23.7 Å². The standard InChI is InChI=1S/C18H16O4/c1-18(2)21-16-10-6-7-11(17(16)22-18)13-12(10)14(19)8-4-3-5-9(8)15(13)20/h4-7,10-13,16-17H,1-2H3. The summed E-state index contributed by atoms with van der Waals surface area (Å²) < 4.78 is 12.1. The first-order valence-corrected chi connectivity index (χ1v) is 7.77. The molecule has 0 spiro atoms. The van der Waals surface area contributed by atoms with Crippen molar-refractivity contribution in [3.63, 3.8) is 0 Å². The Labute approximate surface area is 128 Å². The van der Waals surface area contributed by atoms with Crippen molar-refractivity contribution in [3.05, 3.63) is 41.2 Å². The van der Waals surface area contributed by atoms with Gasteiger partial charge in [0.1, 0.15) is 0 Å². The highest BCUT2D eigenvalue weighted by Gasteiger charge is 2.63. The van der Waals surface area contributed by atoms with E-state index in [1.54, 1.807) is 12.2 Å². The SMILES string of the molecule is CC1(C)OC2C3C=CC(C2O1)C1C(=O)C2=C(C=C=C2)C(=O)C31. The minimum absolute atomic E-state index is 0.0620. The molecule has 1 saturated heterocycles. The van der Waals surface area contributed by atoms with Crippen molar-refractivity contribution < 1.29 is 19.1 Å². The van der Waals surface area contributed by atoms with Gasteiger partial charge in [-0.1, -0.05) is 12.2 Å². The molecule has 4 heteroatoms. The highest BCUT2D eigenvalue weighted by molar-refractivity contribution is 6.18. The van der Waals surface area contributed by atoms with Gasteiger partial charge in [0.25, 0.3) is 0 Å². The molecule has 0 N–H and O–H groups in total. The topological polar surface area (TPSA) is 52.6 Å². The minimum atomic E-state index is -0.659. The molecule has 1 heterocycles. The maximum absolute atomic E-state index is 12.9. The van der Waals surface area contributed by atoms with E-state index in [0.29, 0.717) is 11.1 Å². The van der Waals surface area contributed by atoms with E-state index >= 15 is 0 Å². The van der Waals surface area contributed by atoms with Crippen molar-refractivity contribution in [2.24, 2.45) is 23.7 Å². The number of carbonyl (C=O) groups excluding carboxylic acids is 2.